The quantitative estimate of drug-likeness (QED) is 0.451. The standard InChI is InChI=1S/C18H24N4O2S/c1-13-11-25-17(22-13)5-3-4-8-20-18(19-2)21-10-14-6-7-15-16(9-14)24-12-23-15/h6-7,9,11H,3-5,8,10,12H2,1-2H3,(H2,19,20,21). The van der Waals surface area contributed by atoms with Gasteiger partial charge in [0.05, 0.1) is 5.01 Å². The SMILES string of the molecule is CN=C(NCCCCc1nc(C)cs1)NCc1ccc2c(c1)OCO2. The molecule has 0 bridgehead atoms. The Morgan fingerprint density at radius 2 is 2.12 bits per heavy atom. The highest BCUT2D eigenvalue weighted by molar-refractivity contribution is 7.09. The summed E-state index contributed by atoms with van der Waals surface area (Å²) in [7, 11) is 1.79. The second-order valence-corrected chi connectivity index (χ2v) is 6.82. The van der Waals surface area contributed by atoms with Crippen molar-refractivity contribution >= 4 is 17.3 Å². The van der Waals surface area contributed by atoms with Crippen molar-refractivity contribution in [2.75, 3.05) is 20.4 Å². The highest BCUT2D eigenvalue weighted by Crippen LogP contribution is 2.32. The van der Waals surface area contributed by atoms with Gasteiger partial charge in [-0.15, -0.1) is 11.3 Å². The van der Waals surface area contributed by atoms with Gasteiger partial charge in [0.2, 0.25) is 6.79 Å². The van der Waals surface area contributed by atoms with Crippen LogP contribution in [0.15, 0.2) is 28.6 Å². The fourth-order valence-electron chi connectivity index (χ4n) is 2.58. The number of unbranched alkanes of at least 4 members (excludes halogenated alkanes) is 1. The van der Waals surface area contributed by atoms with Crippen LogP contribution in [0.3, 0.4) is 0 Å². The number of nitrogens with zero attached hydrogens (tertiary/aromatic N) is 2. The highest BCUT2D eigenvalue weighted by atomic mass is 32.1. The molecule has 3 rings (SSSR count). The lowest BCUT2D eigenvalue weighted by Crippen LogP contribution is -2.37. The summed E-state index contributed by atoms with van der Waals surface area (Å²) in [6.45, 7) is 3.92. The summed E-state index contributed by atoms with van der Waals surface area (Å²) in [5, 5.41) is 10.0. The number of guanidine groups is 1. The lowest BCUT2D eigenvalue weighted by atomic mass is 10.2. The zero-order valence-electron chi connectivity index (χ0n) is 14.7. The second-order valence-electron chi connectivity index (χ2n) is 5.88. The van der Waals surface area contributed by atoms with Crippen LogP contribution in [0.5, 0.6) is 11.5 Å². The van der Waals surface area contributed by atoms with Crippen molar-refractivity contribution in [3.63, 3.8) is 0 Å². The van der Waals surface area contributed by atoms with Crippen molar-refractivity contribution in [1.29, 1.82) is 0 Å². The molecular formula is C18H24N4O2S. The Hall–Kier alpha value is -2.28. The predicted molar refractivity (Wildman–Crippen MR) is 101 cm³/mol. The van der Waals surface area contributed by atoms with Crippen LogP contribution in [0.25, 0.3) is 0 Å². The van der Waals surface area contributed by atoms with Gasteiger partial charge in [-0.3, -0.25) is 4.99 Å². The van der Waals surface area contributed by atoms with Crippen molar-refractivity contribution in [2.24, 2.45) is 4.99 Å². The number of nitrogens with one attached hydrogen (secondary N) is 2. The third-order valence-corrected chi connectivity index (χ3v) is 4.92. The van der Waals surface area contributed by atoms with E-state index in [-0.39, 0.29) is 0 Å². The number of fused-ring (bicyclic) bond motifs is 1. The van der Waals surface area contributed by atoms with E-state index in [2.05, 4.69) is 26.0 Å². The summed E-state index contributed by atoms with van der Waals surface area (Å²) < 4.78 is 10.7. The maximum absolute atomic E-state index is 5.40. The summed E-state index contributed by atoms with van der Waals surface area (Å²) in [6, 6.07) is 5.97. The van der Waals surface area contributed by atoms with E-state index in [0.717, 1.165) is 54.5 Å². The normalized spacial score (nSPS) is 13.1. The number of rotatable bonds is 7. The molecule has 2 heterocycles. The lowest BCUT2D eigenvalue weighted by Gasteiger charge is -2.12. The molecule has 0 atom stereocenters. The maximum Gasteiger partial charge on any atom is 0.231 e. The summed E-state index contributed by atoms with van der Waals surface area (Å²) in [5.41, 5.74) is 2.25. The molecule has 0 saturated carbocycles. The molecule has 0 fully saturated rings. The average molecular weight is 360 g/mol. The van der Waals surface area contributed by atoms with E-state index in [9.17, 15) is 0 Å². The summed E-state index contributed by atoms with van der Waals surface area (Å²) in [5.74, 6) is 2.42. The molecule has 0 amide bonds. The number of ether oxygens (including phenoxy) is 2. The van der Waals surface area contributed by atoms with Crippen LogP contribution in [-0.2, 0) is 13.0 Å². The van der Waals surface area contributed by atoms with E-state index in [0.29, 0.717) is 13.3 Å². The topological polar surface area (TPSA) is 67.8 Å². The minimum absolute atomic E-state index is 0.302. The molecule has 6 nitrogen and oxygen atoms in total. The number of benzene rings is 1. The summed E-state index contributed by atoms with van der Waals surface area (Å²) in [6.07, 6.45) is 3.26. The van der Waals surface area contributed by atoms with Crippen molar-refractivity contribution in [3.8, 4) is 11.5 Å². The molecule has 134 valence electrons. The van der Waals surface area contributed by atoms with E-state index < -0.39 is 0 Å². The van der Waals surface area contributed by atoms with Crippen LogP contribution >= 0.6 is 11.3 Å². The molecule has 0 saturated heterocycles. The largest absolute Gasteiger partial charge is 0.454 e. The van der Waals surface area contributed by atoms with E-state index in [1.165, 1.54) is 5.01 Å². The number of aliphatic imine (C=N–C) groups is 1. The predicted octanol–water partition coefficient (Wildman–Crippen LogP) is 2.87. The smallest absolute Gasteiger partial charge is 0.231 e. The minimum Gasteiger partial charge on any atom is -0.454 e. The Bertz CT molecular complexity index is 730. The van der Waals surface area contributed by atoms with Crippen molar-refractivity contribution in [1.82, 2.24) is 15.6 Å². The number of thiazole rings is 1. The van der Waals surface area contributed by atoms with Crippen molar-refractivity contribution in [2.45, 2.75) is 32.7 Å². The molecule has 25 heavy (non-hydrogen) atoms. The fraction of sp³-hybridized carbons (Fsp3) is 0.444. The molecule has 0 radical (unpaired) electrons. The van der Waals surface area contributed by atoms with Crippen LogP contribution < -0.4 is 20.1 Å². The van der Waals surface area contributed by atoms with Gasteiger partial charge in [0.25, 0.3) is 0 Å². The number of hydrogen-bond acceptors (Lipinski definition) is 5. The third-order valence-electron chi connectivity index (χ3n) is 3.90. The first-order chi connectivity index (χ1) is 12.2. The Morgan fingerprint density at radius 1 is 1.24 bits per heavy atom. The van der Waals surface area contributed by atoms with Crippen LogP contribution in [0.1, 0.15) is 29.1 Å². The molecule has 1 aliphatic rings. The molecule has 0 aliphatic carbocycles. The number of aromatic nitrogens is 1. The molecule has 1 aromatic heterocycles. The fourth-order valence-corrected chi connectivity index (χ4v) is 3.40. The van der Waals surface area contributed by atoms with Gasteiger partial charge in [0.15, 0.2) is 17.5 Å². The summed E-state index contributed by atoms with van der Waals surface area (Å²) in [4.78, 5) is 8.75. The van der Waals surface area contributed by atoms with Gasteiger partial charge in [-0.1, -0.05) is 6.07 Å². The Balaban J connectivity index is 1.35. The third kappa shape index (κ3) is 5.09. The van der Waals surface area contributed by atoms with Crippen LogP contribution in [0, 0.1) is 6.92 Å². The van der Waals surface area contributed by atoms with E-state index in [1.807, 2.05) is 25.1 Å². The molecule has 1 aliphatic heterocycles. The monoisotopic (exact) mass is 360 g/mol. The van der Waals surface area contributed by atoms with Gasteiger partial charge >= 0.3 is 0 Å². The molecule has 0 spiro atoms. The van der Waals surface area contributed by atoms with E-state index in [1.54, 1.807) is 18.4 Å². The number of hydrogen-bond donors (Lipinski definition) is 2. The minimum atomic E-state index is 0.302. The number of aryl methyl sites for hydroxylation is 2. The van der Waals surface area contributed by atoms with Gasteiger partial charge in [-0.25, -0.2) is 4.98 Å². The molecule has 7 heteroatoms. The van der Waals surface area contributed by atoms with Crippen molar-refractivity contribution in [3.05, 3.63) is 39.8 Å². The Morgan fingerprint density at radius 3 is 2.92 bits per heavy atom. The Labute approximate surface area is 152 Å². The van der Waals surface area contributed by atoms with Crippen LogP contribution in [0.4, 0.5) is 0 Å². The molecule has 2 aromatic rings. The maximum atomic E-state index is 5.40. The molecule has 0 unspecified atom stereocenters. The molecule has 1 aromatic carbocycles. The first-order valence-corrected chi connectivity index (χ1v) is 9.36. The molecule has 2 N–H and O–H groups in total. The van der Waals surface area contributed by atoms with Gasteiger partial charge < -0.3 is 20.1 Å². The zero-order valence-corrected chi connectivity index (χ0v) is 15.5. The highest BCUT2D eigenvalue weighted by Gasteiger charge is 2.13. The van der Waals surface area contributed by atoms with Gasteiger partial charge in [-0.2, -0.15) is 0 Å². The van der Waals surface area contributed by atoms with Crippen LogP contribution in [0.2, 0.25) is 0 Å². The lowest BCUT2D eigenvalue weighted by molar-refractivity contribution is 0.174. The Kier molecular flexibility index (Phi) is 6.11. The van der Waals surface area contributed by atoms with Gasteiger partial charge in [0, 0.05) is 31.2 Å². The van der Waals surface area contributed by atoms with Gasteiger partial charge in [0.1, 0.15) is 0 Å². The summed E-state index contributed by atoms with van der Waals surface area (Å²) >= 11 is 1.75. The van der Waals surface area contributed by atoms with Gasteiger partial charge in [-0.05, 0) is 43.9 Å². The average Bonchev–Trinajstić information content (AvgIpc) is 3.25. The van der Waals surface area contributed by atoms with Crippen LogP contribution in [-0.4, -0.2) is 31.3 Å². The van der Waals surface area contributed by atoms with Crippen molar-refractivity contribution < 1.29 is 9.47 Å². The first-order valence-electron chi connectivity index (χ1n) is 8.48. The zero-order chi connectivity index (χ0) is 17.5. The second kappa shape index (κ2) is 8.71. The van der Waals surface area contributed by atoms with E-state index >= 15 is 0 Å². The van der Waals surface area contributed by atoms with E-state index in [4.69, 9.17) is 9.47 Å². The first kappa shape index (κ1) is 17.5. The molecular weight excluding hydrogens is 336 g/mol.